The number of rotatable bonds is 7. The molecule has 1 fully saturated rings. The standard InChI is InChI=1S/C19H24N2O5/c22-17-10-16(12-21-7-3-1-2-4-8-21)25-13-18(17)26-14-19(23)20-11-15-6-5-9-24-15/h5-6,9-10,13H,1-4,7-8,11-12,14H2,(H,20,23). The Labute approximate surface area is 151 Å². The summed E-state index contributed by atoms with van der Waals surface area (Å²) in [5.74, 6) is 0.967. The maximum Gasteiger partial charge on any atom is 0.258 e. The van der Waals surface area contributed by atoms with Crippen LogP contribution in [0.25, 0.3) is 0 Å². The Morgan fingerprint density at radius 2 is 1.96 bits per heavy atom. The molecule has 2 aromatic rings. The smallest absolute Gasteiger partial charge is 0.258 e. The van der Waals surface area contributed by atoms with E-state index < -0.39 is 0 Å². The van der Waals surface area contributed by atoms with Crippen LogP contribution in [0, 0.1) is 0 Å². The third-order valence-electron chi connectivity index (χ3n) is 4.33. The van der Waals surface area contributed by atoms with Crippen molar-refractivity contribution in [1.82, 2.24) is 10.2 Å². The largest absolute Gasteiger partial charge is 0.477 e. The van der Waals surface area contributed by atoms with Crippen molar-refractivity contribution < 1.29 is 18.4 Å². The van der Waals surface area contributed by atoms with Crippen molar-refractivity contribution in [3.8, 4) is 5.75 Å². The first kappa shape index (κ1) is 18.3. The summed E-state index contributed by atoms with van der Waals surface area (Å²) < 4.78 is 15.9. The van der Waals surface area contributed by atoms with E-state index in [2.05, 4.69) is 10.2 Å². The van der Waals surface area contributed by atoms with E-state index >= 15 is 0 Å². The summed E-state index contributed by atoms with van der Waals surface area (Å²) >= 11 is 0. The lowest BCUT2D eigenvalue weighted by atomic mass is 10.2. The summed E-state index contributed by atoms with van der Waals surface area (Å²) in [6.45, 7) is 2.70. The van der Waals surface area contributed by atoms with Gasteiger partial charge in [0.25, 0.3) is 5.91 Å². The van der Waals surface area contributed by atoms with Gasteiger partial charge < -0.3 is 18.9 Å². The number of hydrogen-bond donors (Lipinski definition) is 1. The van der Waals surface area contributed by atoms with Crippen molar-refractivity contribution in [2.75, 3.05) is 19.7 Å². The van der Waals surface area contributed by atoms with Crippen LogP contribution in [-0.4, -0.2) is 30.5 Å². The molecule has 1 aliphatic heterocycles. The Hall–Kier alpha value is -2.54. The Morgan fingerprint density at radius 1 is 1.15 bits per heavy atom. The monoisotopic (exact) mass is 360 g/mol. The zero-order valence-electron chi connectivity index (χ0n) is 14.7. The minimum atomic E-state index is -0.338. The van der Waals surface area contributed by atoms with E-state index in [1.807, 2.05) is 0 Å². The molecule has 2 aromatic heterocycles. The number of amides is 1. The lowest BCUT2D eigenvalue weighted by Crippen LogP contribution is -2.29. The molecule has 0 spiro atoms. The fraction of sp³-hybridized carbons (Fsp3) is 0.474. The fourth-order valence-electron chi connectivity index (χ4n) is 2.93. The Kier molecular flexibility index (Phi) is 6.49. The van der Waals surface area contributed by atoms with E-state index in [-0.39, 0.29) is 30.2 Å². The second-order valence-corrected chi connectivity index (χ2v) is 6.41. The molecule has 3 heterocycles. The van der Waals surface area contributed by atoms with E-state index in [9.17, 15) is 9.59 Å². The van der Waals surface area contributed by atoms with Gasteiger partial charge >= 0.3 is 0 Å². The van der Waals surface area contributed by atoms with Crippen LogP contribution in [0.5, 0.6) is 5.75 Å². The molecule has 7 heteroatoms. The number of carbonyl (C=O) groups is 1. The minimum Gasteiger partial charge on any atom is -0.477 e. The van der Waals surface area contributed by atoms with Gasteiger partial charge in [0.15, 0.2) is 6.61 Å². The minimum absolute atomic E-state index is 0.0396. The van der Waals surface area contributed by atoms with Crippen LogP contribution in [0.1, 0.15) is 37.2 Å². The van der Waals surface area contributed by atoms with E-state index in [1.165, 1.54) is 44.3 Å². The van der Waals surface area contributed by atoms with Gasteiger partial charge in [-0.05, 0) is 38.1 Å². The molecule has 0 saturated carbocycles. The van der Waals surface area contributed by atoms with E-state index in [1.54, 1.807) is 12.1 Å². The highest BCUT2D eigenvalue weighted by atomic mass is 16.5. The zero-order chi connectivity index (χ0) is 18.2. The van der Waals surface area contributed by atoms with Gasteiger partial charge in [-0.1, -0.05) is 12.8 Å². The van der Waals surface area contributed by atoms with Crippen molar-refractivity contribution in [2.45, 2.75) is 38.8 Å². The maximum atomic E-state index is 12.2. The summed E-state index contributed by atoms with van der Waals surface area (Å²) in [6.07, 6.45) is 7.70. The van der Waals surface area contributed by atoms with Crippen molar-refractivity contribution in [3.05, 3.63) is 52.5 Å². The molecule has 0 radical (unpaired) electrons. The van der Waals surface area contributed by atoms with Crippen molar-refractivity contribution in [2.24, 2.45) is 0 Å². The number of likely N-dealkylation sites (tertiary alicyclic amines) is 1. The van der Waals surface area contributed by atoms with Crippen LogP contribution < -0.4 is 15.5 Å². The molecule has 0 aliphatic carbocycles. The van der Waals surface area contributed by atoms with Gasteiger partial charge in [-0.25, -0.2) is 0 Å². The van der Waals surface area contributed by atoms with Crippen LogP contribution in [0.3, 0.4) is 0 Å². The van der Waals surface area contributed by atoms with E-state index in [0.717, 1.165) is 13.1 Å². The Balaban J connectivity index is 1.47. The number of ether oxygens (including phenoxy) is 1. The average molecular weight is 360 g/mol. The molecule has 1 aliphatic rings. The predicted octanol–water partition coefficient (Wildman–Crippen LogP) is 2.30. The third kappa shape index (κ3) is 5.49. The number of carbonyl (C=O) groups excluding carboxylic acids is 1. The molecule has 140 valence electrons. The average Bonchev–Trinajstić information content (AvgIpc) is 3.03. The predicted molar refractivity (Wildman–Crippen MR) is 94.8 cm³/mol. The Morgan fingerprint density at radius 3 is 2.65 bits per heavy atom. The summed E-state index contributed by atoms with van der Waals surface area (Å²) in [5, 5.41) is 2.65. The maximum absolute atomic E-state index is 12.2. The van der Waals surface area contributed by atoms with E-state index in [4.69, 9.17) is 13.6 Å². The molecule has 7 nitrogen and oxygen atoms in total. The van der Waals surface area contributed by atoms with Gasteiger partial charge in [-0.15, -0.1) is 0 Å². The number of furan rings is 1. The Bertz CT molecular complexity index is 746. The third-order valence-corrected chi connectivity index (χ3v) is 4.33. The first-order chi connectivity index (χ1) is 12.7. The van der Waals surface area contributed by atoms with Gasteiger partial charge in [-0.2, -0.15) is 0 Å². The summed E-state index contributed by atoms with van der Waals surface area (Å²) in [6, 6.07) is 4.95. The van der Waals surface area contributed by atoms with Crippen LogP contribution >= 0.6 is 0 Å². The zero-order valence-corrected chi connectivity index (χ0v) is 14.7. The van der Waals surface area contributed by atoms with Gasteiger partial charge in [-0.3, -0.25) is 14.5 Å². The fourth-order valence-corrected chi connectivity index (χ4v) is 2.93. The first-order valence-electron chi connectivity index (χ1n) is 8.96. The second kappa shape index (κ2) is 9.24. The molecule has 26 heavy (non-hydrogen) atoms. The topological polar surface area (TPSA) is 84.9 Å². The molecule has 1 N–H and O–H groups in total. The molecule has 1 saturated heterocycles. The van der Waals surface area contributed by atoms with Crippen molar-refractivity contribution in [1.29, 1.82) is 0 Å². The second-order valence-electron chi connectivity index (χ2n) is 6.41. The van der Waals surface area contributed by atoms with Gasteiger partial charge in [0.2, 0.25) is 11.2 Å². The molecule has 0 aromatic carbocycles. The molecule has 0 unspecified atom stereocenters. The highest BCUT2D eigenvalue weighted by molar-refractivity contribution is 5.77. The lowest BCUT2D eigenvalue weighted by molar-refractivity contribution is -0.123. The van der Waals surface area contributed by atoms with Gasteiger partial charge in [0.1, 0.15) is 17.8 Å². The summed E-state index contributed by atoms with van der Waals surface area (Å²) in [5.41, 5.74) is -0.278. The van der Waals surface area contributed by atoms with Crippen molar-refractivity contribution >= 4 is 5.91 Å². The summed E-state index contributed by atoms with van der Waals surface area (Å²) in [7, 11) is 0. The molecular weight excluding hydrogens is 336 g/mol. The normalized spacial score (nSPS) is 15.4. The molecular formula is C19H24N2O5. The van der Waals surface area contributed by atoms with Crippen molar-refractivity contribution in [3.63, 3.8) is 0 Å². The SMILES string of the molecule is O=C(COc1coc(CN2CCCCCC2)cc1=O)NCc1ccco1. The highest BCUT2D eigenvalue weighted by Gasteiger charge is 2.13. The first-order valence-corrected chi connectivity index (χ1v) is 8.96. The lowest BCUT2D eigenvalue weighted by Gasteiger charge is -2.18. The van der Waals surface area contributed by atoms with Crippen LogP contribution in [0.2, 0.25) is 0 Å². The van der Waals surface area contributed by atoms with Crippen LogP contribution in [-0.2, 0) is 17.9 Å². The van der Waals surface area contributed by atoms with E-state index in [0.29, 0.717) is 18.1 Å². The molecule has 1 amide bonds. The van der Waals surface area contributed by atoms with Crippen LogP contribution in [0.15, 0.2) is 44.4 Å². The molecule has 3 rings (SSSR count). The quantitative estimate of drug-likeness (QED) is 0.816. The van der Waals surface area contributed by atoms with Crippen LogP contribution in [0.4, 0.5) is 0 Å². The highest BCUT2D eigenvalue weighted by Crippen LogP contribution is 2.14. The number of nitrogens with zero attached hydrogens (tertiary/aromatic N) is 1. The van der Waals surface area contributed by atoms with Gasteiger partial charge in [0, 0.05) is 6.07 Å². The molecule has 0 bridgehead atoms. The molecule has 0 atom stereocenters. The number of hydrogen-bond acceptors (Lipinski definition) is 6. The van der Waals surface area contributed by atoms with Gasteiger partial charge in [0.05, 0.1) is 19.4 Å². The number of nitrogens with one attached hydrogen (secondary N) is 1. The summed E-state index contributed by atoms with van der Waals surface area (Å²) in [4.78, 5) is 26.2.